The van der Waals surface area contributed by atoms with Gasteiger partial charge in [0.05, 0.1) is 18.3 Å². The molecule has 2 aliphatic rings. The molecule has 0 atom stereocenters. The average Bonchev–Trinajstić information content (AvgIpc) is 3.42. The maximum Gasteiger partial charge on any atom is 0.258 e. The lowest BCUT2D eigenvalue weighted by Crippen LogP contribution is -2.26. The van der Waals surface area contributed by atoms with Crippen LogP contribution in [0.15, 0.2) is 89.4 Å². The molecule has 1 amide bonds. The molecule has 0 fully saturated rings. The van der Waals surface area contributed by atoms with Crippen LogP contribution in [0.2, 0.25) is 0 Å². The van der Waals surface area contributed by atoms with Crippen LogP contribution in [-0.2, 0) is 17.8 Å². The van der Waals surface area contributed by atoms with Crippen LogP contribution < -0.4 is 5.32 Å². The Morgan fingerprint density at radius 2 is 1.97 bits per heavy atom. The fraction of sp³-hybridized carbons (Fsp3) is 0.148. The van der Waals surface area contributed by atoms with Gasteiger partial charge < -0.3 is 5.32 Å². The van der Waals surface area contributed by atoms with Crippen molar-refractivity contribution in [3.05, 3.63) is 117 Å². The SMILES string of the molecule is CC1=C(NC(=O)c2cnn(Cc3cccc(F)c3)c2)C=C(C2=Cc3ccccc3C2)C(=O)C1. The summed E-state index contributed by atoms with van der Waals surface area (Å²) in [5.74, 6) is -0.550. The van der Waals surface area contributed by atoms with Crippen molar-refractivity contribution in [2.45, 2.75) is 26.3 Å². The molecule has 0 bridgehead atoms. The zero-order valence-electron chi connectivity index (χ0n) is 18.1. The predicted octanol–water partition coefficient (Wildman–Crippen LogP) is 4.61. The second-order valence-electron chi connectivity index (χ2n) is 8.41. The molecule has 5 nitrogen and oxygen atoms in total. The summed E-state index contributed by atoms with van der Waals surface area (Å²) in [7, 11) is 0. The number of allylic oxidation sites excluding steroid dienone is 4. The van der Waals surface area contributed by atoms with Crippen LogP contribution in [0.5, 0.6) is 0 Å². The van der Waals surface area contributed by atoms with Crippen LogP contribution in [0.1, 0.15) is 40.4 Å². The number of amides is 1. The Labute approximate surface area is 190 Å². The minimum atomic E-state index is -0.310. The van der Waals surface area contributed by atoms with Gasteiger partial charge in [0.2, 0.25) is 0 Å². The van der Waals surface area contributed by atoms with Gasteiger partial charge in [-0.1, -0.05) is 42.5 Å². The number of Topliss-reactive ketones (excluding diaryl/α,β-unsaturated/α-hetero) is 1. The number of hydrogen-bond donors (Lipinski definition) is 1. The van der Waals surface area contributed by atoms with Crippen molar-refractivity contribution < 1.29 is 14.0 Å². The molecule has 1 heterocycles. The molecule has 164 valence electrons. The summed E-state index contributed by atoms with van der Waals surface area (Å²) in [6.07, 6.45) is 7.93. The van der Waals surface area contributed by atoms with Gasteiger partial charge in [-0.05, 0) is 59.4 Å². The molecular formula is C27H22FN3O2. The van der Waals surface area contributed by atoms with Crippen molar-refractivity contribution >= 4 is 17.8 Å². The highest BCUT2D eigenvalue weighted by atomic mass is 19.1. The third-order valence-electron chi connectivity index (χ3n) is 5.96. The van der Waals surface area contributed by atoms with E-state index in [4.69, 9.17) is 0 Å². The predicted molar refractivity (Wildman–Crippen MR) is 124 cm³/mol. The molecule has 1 N–H and O–H groups in total. The first-order valence-electron chi connectivity index (χ1n) is 10.8. The highest BCUT2D eigenvalue weighted by Crippen LogP contribution is 2.33. The lowest BCUT2D eigenvalue weighted by molar-refractivity contribution is -0.114. The Morgan fingerprint density at radius 1 is 1.12 bits per heavy atom. The number of nitrogens with zero attached hydrogens (tertiary/aromatic N) is 2. The quantitative estimate of drug-likeness (QED) is 0.631. The monoisotopic (exact) mass is 439 g/mol. The smallest absolute Gasteiger partial charge is 0.258 e. The van der Waals surface area contributed by atoms with Crippen LogP contribution in [-0.4, -0.2) is 21.5 Å². The summed E-state index contributed by atoms with van der Waals surface area (Å²) in [5.41, 5.74) is 6.56. The van der Waals surface area contributed by atoms with E-state index in [1.54, 1.807) is 29.1 Å². The molecule has 0 radical (unpaired) electrons. The maximum atomic E-state index is 13.4. The first-order valence-corrected chi connectivity index (χ1v) is 10.8. The van der Waals surface area contributed by atoms with Crippen molar-refractivity contribution in [1.29, 1.82) is 0 Å². The molecule has 0 aliphatic heterocycles. The minimum absolute atomic E-state index is 0.0625. The Kier molecular flexibility index (Phi) is 5.34. The normalized spacial score (nSPS) is 15.3. The van der Waals surface area contributed by atoms with Gasteiger partial charge in [0.1, 0.15) is 5.82 Å². The molecule has 0 unspecified atom stereocenters. The molecule has 0 spiro atoms. The van der Waals surface area contributed by atoms with Crippen LogP contribution in [0, 0.1) is 5.82 Å². The van der Waals surface area contributed by atoms with Crippen LogP contribution in [0.4, 0.5) is 4.39 Å². The van der Waals surface area contributed by atoms with Crippen molar-refractivity contribution in [2.75, 3.05) is 0 Å². The van der Waals surface area contributed by atoms with Crippen molar-refractivity contribution in [2.24, 2.45) is 0 Å². The van der Waals surface area contributed by atoms with Crippen LogP contribution >= 0.6 is 0 Å². The van der Waals surface area contributed by atoms with E-state index in [1.807, 2.05) is 25.1 Å². The summed E-state index contributed by atoms with van der Waals surface area (Å²) >= 11 is 0. The number of nitrogens with one attached hydrogen (secondary N) is 1. The van der Waals surface area contributed by atoms with Gasteiger partial charge in [0.15, 0.2) is 5.78 Å². The van der Waals surface area contributed by atoms with Gasteiger partial charge in [-0.3, -0.25) is 14.3 Å². The molecule has 0 saturated heterocycles. The molecule has 1 aromatic heterocycles. The van der Waals surface area contributed by atoms with E-state index in [9.17, 15) is 14.0 Å². The van der Waals surface area contributed by atoms with Gasteiger partial charge in [-0.2, -0.15) is 5.10 Å². The fourth-order valence-corrected chi connectivity index (χ4v) is 4.23. The Bertz CT molecular complexity index is 1380. The number of rotatable bonds is 5. The molecule has 2 aliphatic carbocycles. The maximum absolute atomic E-state index is 13.4. The molecule has 6 heteroatoms. The number of hydrogen-bond acceptors (Lipinski definition) is 3. The molecule has 5 rings (SSSR count). The van der Waals surface area contributed by atoms with E-state index in [1.165, 1.54) is 23.9 Å². The third kappa shape index (κ3) is 4.32. The van der Waals surface area contributed by atoms with E-state index in [0.717, 1.165) is 22.3 Å². The largest absolute Gasteiger partial charge is 0.322 e. The topological polar surface area (TPSA) is 64.0 Å². The van der Waals surface area contributed by atoms with Gasteiger partial charge in [-0.25, -0.2) is 4.39 Å². The summed E-state index contributed by atoms with van der Waals surface area (Å²) < 4.78 is 15.0. The molecule has 3 aromatic rings. The van der Waals surface area contributed by atoms with E-state index >= 15 is 0 Å². The zero-order chi connectivity index (χ0) is 22.9. The van der Waals surface area contributed by atoms with E-state index in [0.29, 0.717) is 29.8 Å². The Hall–Kier alpha value is -4.06. The first kappa shape index (κ1) is 20.8. The molecule has 0 saturated carbocycles. The highest BCUT2D eigenvalue weighted by Gasteiger charge is 2.25. The number of halogens is 1. The van der Waals surface area contributed by atoms with Crippen molar-refractivity contribution in [3.63, 3.8) is 0 Å². The molecular weight excluding hydrogens is 417 g/mol. The standard InChI is InChI=1S/C27H22FN3O2/c1-17-9-26(32)24(21-11-19-6-2-3-7-20(19)12-21)13-25(17)30-27(33)22-14-29-31(16-22)15-18-5-4-8-23(28)10-18/h2-8,10-11,13-14,16H,9,12,15H2,1H3,(H,30,33). The Balaban J connectivity index is 1.32. The van der Waals surface area contributed by atoms with Crippen LogP contribution in [0.25, 0.3) is 6.08 Å². The molecule has 33 heavy (non-hydrogen) atoms. The van der Waals surface area contributed by atoms with E-state index < -0.39 is 0 Å². The lowest BCUT2D eigenvalue weighted by Gasteiger charge is -2.18. The number of carbonyl (C=O) groups is 2. The lowest BCUT2D eigenvalue weighted by atomic mass is 9.90. The second-order valence-corrected chi connectivity index (χ2v) is 8.41. The fourth-order valence-electron chi connectivity index (χ4n) is 4.23. The average molecular weight is 439 g/mol. The second kappa shape index (κ2) is 8.47. The van der Waals surface area contributed by atoms with Crippen LogP contribution in [0.3, 0.4) is 0 Å². The van der Waals surface area contributed by atoms with Gasteiger partial charge in [-0.15, -0.1) is 0 Å². The van der Waals surface area contributed by atoms with Gasteiger partial charge >= 0.3 is 0 Å². The van der Waals surface area contributed by atoms with Gasteiger partial charge in [0, 0.05) is 23.9 Å². The molecule has 2 aromatic carbocycles. The number of fused-ring (bicyclic) bond motifs is 1. The first-order chi connectivity index (χ1) is 16.0. The third-order valence-corrected chi connectivity index (χ3v) is 5.96. The van der Waals surface area contributed by atoms with E-state index in [2.05, 4.69) is 22.6 Å². The number of carbonyl (C=O) groups excluding carboxylic acids is 2. The summed E-state index contributed by atoms with van der Waals surface area (Å²) in [4.78, 5) is 25.6. The Morgan fingerprint density at radius 3 is 2.79 bits per heavy atom. The van der Waals surface area contributed by atoms with Crippen molar-refractivity contribution in [3.8, 4) is 0 Å². The van der Waals surface area contributed by atoms with Gasteiger partial charge in [0.25, 0.3) is 5.91 Å². The number of aromatic nitrogens is 2. The van der Waals surface area contributed by atoms with Crippen molar-refractivity contribution in [1.82, 2.24) is 15.1 Å². The zero-order valence-corrected chi connectivity index (χ0v) is 18.1. The minimum Gasteiger partial charge on any atom is -0.322 e. The summed E-state index contributed by atoms with van der Waals surface area (Å²) in [6.45, 7) is 2.21. The summed E-state index contributed by atoms with van der Waals surface area (Å²) in [5, 5.41) is 7.16. The highest BCUT2D eigenvalue weighted by molar-refractivity contribution is 6.05. The summed E-state index contributed by atoms with van der Waals surface area (Å²) in [6, 6.07) is 14.4. The number of ketones is 1. The number of benzene rings is 2. The van der Waals surface area contributed by atoms with E-state index in [-0.39, 0.29) is 23.9 Å².